The summed E-state index contributed by atoms with van der Waals surface area (Å²) < 4.78 is 0. The number of hydrogen-bond acceptors (Lipinski definition) is 2. The van der Waals surface area contributed by atoms with Crippen LogP contribution in [-0.2, 0) is 6.54 Å². The van der Waals surface area contributed by atoms with Crippen molar-refractivity contribution in [2.24, 2.45) is 0 Å². The number of anilines is 1. The fourth-order valence-corrected chi connectivity index (χ4v) is 3.37. The average molecular weight is 378 g/mol. The Balaban J connectivity index is 1.54. The minimum atomic E-state index is -0.0533. The Morgan fingerprint density at radius 1 is 1.08 bits per heavy atom. The quantitative estimate of drug-likeness (QED) is 0.863. The van der Waals surface area contributed by atoms with Crippen LogP contribution in [0.4, 0.5) is 10.5 Å². The second-order valence-electron chi connectivity index (χ2n) is 6.16. The standard InChI is InChI=1S/C19H21Cl2N3O/c1-14-6-7-16(20)12-18(14)23-8-10-24(11-9-23)19(25)22-13-15-4-2-3-5-17(15)21/h2-7,12H,8-11,13H2,1H3,(H,22,25). The number of aryl methyl sites for hydroxylation is 1. The first kappa shape index (κ1) is 17.9. The summed E-state index contributed by atoms with van der Waals surface area (Å²) in [5.41, 5.74) is 3.26. The Hall–Kier alpha value is -1.91. The topological polar surface area (TPSA) is 35.6 Å². The minimum absolute atomic E-state index is 0.0533. The van der Waals surface area contributed by atoms with Crippen LogP contribution in [0.15, 0.2) is 42.5 Å². The van der Waals surface area contributed by atoms with Gasteiger partial charge in [0, 0.05) is 48.5 Å². The van der Waals surface area contributed by atoms with E-state index in [0.717, 1.165) is 29.4 Å². The van der Waals surface area contributed by atoms with Crippen LogP contribution >= 0.6 is 23.2 Å². The summed E-state index contributed by atoms with van der Waals surface area (Å²) in [5, 5.41) is 4.35. The number of rotatable bonds is 3. The fourth-order valence-electron chi connectivity index (χ4n) is 3.00. The number of halogens is 2. The van der Waals surface area contributed by atoms with Gasteiger partial charge in [0.05, 0.1) is 0 Å². The summed E-state index contributed by atoms with van der Waals surface area (Å²) in [5.74, 6) is 0. The summed E-state index contributed by atoms with van der Waals surface area (Å²) in [6.45, 7) is 5.46. The lowest BCUT2D eigenvalue weighted by Gasteiger charge is -2.36. The van der Waals surface area contributed by atoms with Crippen molar-refractivity contribution in [2.75, 3.05) is 31.1 Å². The van der Waals surface area contributed by atoms with Crippen LogP contribution < -0.4 is 10.2 Å². The third kappa shape index (κ3) is 4.39. The van der Waals surface area contributed by atoms with Crippen molar-refractivity contribution in [3.63, 3.8) is 0 Å². The number of hydrogen-bond donors (Lipinski definition) is 1. The summed E-state index contributed by atoms with van der Waals surface area (Å²) in [7, 11) is 0. The molecule has 1 aliphatic heterocycles. The zero-order chi connectivity index (χ0) is 17.8. The molecule has 1 heterocycles. The van der Waals surface area contributed by atoms with Crippen LogP contribution in [0.25, 0.3) is 0 Å². The van der Waals surface area contributed by atoms with Crippen LogP contribution in [0.5, 0.6) is 0 Å². The molecule has 2 aromatic rings. The maximum Gasteiger partial charge on any atom is 0.317 e. The maximum atomic E-state index is 12.4. The first-order valence-electron chi connectivity index (χ1n) is 8.32. The van der Waals surface area contributed by atoms with Crippen LogP contribution in [0.3, 0.4) is 0 Å². The molecule has 132 valence electrons. The van der Waals surface area contributed by atoms with Gasteiger partial charge >= 0.3 is 6.03 Å². The van der Waals surface area contributed by atoms with Crippen LogP contribution in [0, 0.1) is 6.92 Å². The minimum Gasteiger partial charge on any atom is -0.368 e. The predicted molar refractivity (Wildman–Crippen MR) is 104 cm³/mol. The van der Waals surface area contributed by atoms with E-state index in [-0.39, 0.29) is 6.03 Å². The molecule has 0 saturated carbocycles. The Bertz CT molecular complexity index is 758. The maximum absolute atomic E-state index is 12.4. The van der Waals surface area contributed by atoms with Gasteiger partial charge in [-0.2, -0.15) is 0 Å². The molecule has 2 amide bonds. The molecule has 0 atom stereocenters. The molecule has 0 aliphatic carbocycles. The van der Waals surface area contributed by atoms with E-state index in [1.54, 1.807) is 0 Å². The third-order valence-electron chi connectivity index (χ3n) is 4.47. The summed E-state index contributed by atoms with van der Waals surface area (Å²) in [4.78, 5) is 16.5. The molecule has 1 N–H and O–H groups in total. The Kier molecular flexibility index (Phi) is 5.71. The largest absolute Gasteiger partial charge is 0.368 e. The van der Waals surface area contributed by atoms with Crippen LogP contribution in [-0.4, -0.2) is 37.1 Å². The molecule has 4 nitrogen and oxygen atoms in total. The molecule has 3 rings (SSSR count). The van der Waals surface area contributed by atoms with E-state index in [9.17, 15) is 4.79 Å². The molecular weight excluding hydrogens is 357 g/mol. The molecule has 25 heavy (non-hydrogen) atoms. The highest BCUT2D eigenvalue weighted by Gasteiger charge is 2.22. The number of nitrogens with zero attached hydrogens (tertiary/aromatic N) is 2. The van der Waals surface area contributed by atoms with Gasteiger partial charge in [0.15, 0.2) is 0 Å². The van der Waals surface area contributed by atoms with Crippen molar-refractivity contribution in [1.29, 1.82) is 0 Å². The second kappa shape index (κ2) is 7.98. The van der Waals surface area contributed by atoms with Crippen molar-refractivity contribution in [3.8, 4) is 0 Å². The number of benzene rings is 2. The zero-order valence-electron chi connectivity index (χ0n) is 14.1. The third-order valence-corrected chi connectivity index (χ3v) is 5.07. The number of amides is 2. The summed E-state index contributed by atoms with van der Waals surface area (Å²) in [6.07, 6.45) is 0. The highest BCUT2D eigenvalue weighted by atomic mass is 35.5. The Morgan fingerprint density at radius 3 is 2.52 bits per heavy atom. The first-order chi connectivity index (χ1) is 12.0. The highest BCUT2D eigenvalue weighted by Crippen LogP contribution is 2.25. The van der Waals surface area contributed by atoms with Gasteiger partial charge in [0.25, 0.3) is 0 Å². The van der Waals surface area contributed by atoms with E-state index < -0.39 is 0 Å². The molecule has 0 radical (unpaired) electrons. The number of carbonyl (C=O) groups is 1. The molecule has 6 heteroatoms. The average Bonchev–Trinajstić information content (AvgIpc) is 2.63. The summed E-state index contributed by atoms with van der Waals surface area (Å²) >= 11 is 12.2. The Labute approximate surface area is 158 Å². The van der Waals surface area contributed by atoms with E-state index in [4.69, 9.17) is 23.2 Å². The van der Waals surface area contributed by atoms with Crippen LogP contribution in [0.2, 0.25) is 10.0 Å². The molecule has 1 saturated heterocycles. The molecule has 0 bridgehead atoms. The lowest BCUT2D eigenvalue weighted by molar-refractivity contribution is 0.194. The molecule has 2 aromatic carbocycles. The van der Waals surface area contributed by atoms with Crippen molar-refractivity contribution < 1.29 is 4.79 Å². The highest BCUT2D eigenvalue weighted by molar-refractivity contribution is 6.31. The zero-order valence-corrected chi connectivity index (χ0v) is 15.6. The van der Waals surface area contributed by atoms with Crippen molar-refractivity contribution in [1.82, 2.24) is 10.2 Å². The number of nitrogens with one attached hydrogen (secondary N) is 1. The van der Waals surface area contributed by atoms with Gasteiger partial charge in [-0.25, -0.2) is 4.79 Å². The van der Waals surface area contributed by atoms with Gasteiger partial charge in [-0.3, -0.25) is 0 Å². The van der Waals surface area contributed by atoms with E-state index in [2.05, 4.69) is 17.1 Å². The molecule has 0 unspecified atom stereocenters. The van der Waals surface area contributed by atoms with Gasteiger partial charge in [-0.1, -0.05) is 47.5 Å². The normalized spacial score (nSPS) is 14.5. The summed E-state index contributed by atoms with van der Waals surface area (Å²) in [6, 6.07) is 13.4. The lowest BCUT2D eigenvalue weighted by atomic mass is 10.1. The molecule has 1 fully saturated rings. The molecule has 1 aliphatic rings. The SMILES string of the molecule is Cc1ccc(Cl)cc1N1CCN(C(=O)NCc2ccccc2Cl)CC1. The number of urea groups is 1. The van der Waals surface area contributed by atoms with Crippen molar-refractivity contribution in [3.05, 3.63) is 63.6 Å². The van der Waals surface area contributed by atoms with Gasteiger partial charge in [-0.05, 0) is 36.2 Å². The molecular formula is C19H21Cl2N3O. The van der Waals surface area contributed by atoms with E-state index in [0.29, 0.717) is 24.7 Å². The lowest BCUT2D eigenvalue weighted by Crippen LogP contribution is -2.51. The monoisotopic (exact) mass is 377 g/mol. The Morgan fingerprint density at radius 2 is 1.80 bits per heavy atom. The van der Waals surface area contributed by atoms with E-state index in [1.807, 2.05) is 47.4 Å². The number of carbonyl (C=O) groups excluding carboxylic acids is 1. The van der Waals surface area contributed by atoms with Gasteiger partial charge < -0.3 is 15.1 Å². The van der Waals surface area contributed by atoms with Gasteiger partial charge in [0.2, 0.25) is 0 Å². The second-order valence-corrected chi connectivity index (χ2v) is 7.00. The van der Waals surface area contributed by atoms with Gasteiger partial charge in [-0.15, -0.1) is 0 Å². The van der Waals surface area contributed by atoms with Crippen molar-refractivity contribution >= 4 is 34.9 Å². The van der Waals surface area contributed by atoms with E-state index >= 15 is 0 Å². The first-order valence-corrected chi connectivity index (χ1v) is 9.07. The predicted octanol–water partition coefficient (Wildman–Crippen LogP) is 4.33. The van der Waals surface area contributed by atoms with Crippen molar-refractivity contribution in [2.45, 2.75) is 13.5 Å². The molecule has 0 spiro atoms. The molecule has 0 aromatic heterocycles. The van der Waals surface area contributed by atoms with Gasteiger partial charge in [0.1, 0.15) is 0 Å². The fraction of sp³-hybridized carbons (Fsp3) is 0.316. The smallest absolute Gasteiger partial charge is 0.317 e. The van der Waals surface area contributed by atoms with E-state index in [1.165, 1.54) is 5.56 Å². The van der Waals surface area contributed by atoms with Crippen LogP contribution in [0.1, 0.15) is 11.1 Å². The number of piperazine rings is 1.